The highest BCUT2D eigenvalue weighted by molar-refractivity contribution is 5.83. The lowest BCUT2D eigenvalue weighted by Crippen LogP contribution is -2.56. The molecule has 1 unspecified atom stereocenters. The van der Waals surface area contributed by atoms with Crippen LogP contribution in [0.3, 0.4) is 0 Å². The van der Waals surface area contributed by atoms with Crippen molar-refractivity contribution >= 4 is 5.91 Å². The molecule has 1 saturated carbocycles. The second-order valence-electron chi connectivity index (χ2n) is 6.39. The Balaban J connectivity index is 1.51. The van der Waals surface area contributed by atoms with Crippen molar-refractivity contribution in [2.75, 3.05) is 39.3 Å². The minimum atomic E-state index is -0.0168. The van der Waals surface area contributed by atoms with Crippen LogP contribution in [-0.2, 0) is 4.79 Å². The van der Waals surface area contributed by atoms with E-state index in [1.807, 2.05) is 0 Å². The predicted octanol–water partition coefficient (Wildman–Crippen LogP) is 0.683. The third-order valence-electron chi connectivity index (χ3n) is 5.13. The van der Waals surface area contributed by atoms with Crippen molar-refractivity contribution in [3.8, 4) is 0 Å². The number of hydrogen-bond donors (Lipinski definition) is 1. The van der Waals surface area contributed by atoms with E-state index in [2.05, 4.69) is 22.0 Å². The van der Waals surface area contributed by atoms with Crippen LogP contribution in [0.5, 0.6) is 0 Å². The molecule has 1 atom stereocenters. The average Bonchev–Trinajstić information content (AvgIpc) is 2.89. The van der Waals surface area contributed by atoms with Crippen molar-refractivity contribution in [2.24, 2.45) is 5.41 Å². The fraction of sp³-hybridized carbons (Fsp3) is 0.929. The van der Waals surface area contributed by atoms with E-state index in [9.17, 15) is 4.79 Å². The van der Waals surface area contributed by atoms with Gasteiger partial charge < -0.3 is 10.2 Å². The molecule has 3 aliphatic rings. The molecule has 0 aromatic heterocycles. The highest BCUT2D eigenvalue weighted by Crippen LogP contribution is 2.42. The normalized spacial score (nSPS) is 32.3. The molecule has 0 spiro atoms. The summed E-state index contributed by atoms with van der Waals surface area (Å²) in [6, 6.07) is 0.710. The highest BCUT2D eigenvalue weighted by Gasteiger charge is 2.42. The van der Waals surface area contributed by atoms with Gasteiger partial charge in [-0.3, -0.25) is 9.69 Å². The van der Waals surface area contributed by atoms with E-state index in [1.165, 1.54) is 12.8 Å². The second-order valence-corrected chi connectivity index (χ2v) is 6.39. The quantitative estimate of drug-likeness (QED) is 0.784. The van der Waals surface area contributed by atoms with Gasteiger partial charge >= 0.3 is 0 Å². The average molecular weight is 251 g/mol. The van der Waals surface area contributed by atoms with E-state index in [-0.39, 0.29) is 5.41 Å². The lowest BCUT2D eigenvalue weighted by molar-refractivity contribution is -0.148. The monoisotopic (exact) mass is 251 g/mol. The van der Waals surface area contributed by atoms with Crippen LogP contribution in [0, 0.1) is 5.41 Å². The third kappa shape index (κ3) is 2.16. The molecule has 3 rings (SSSR count). The molecule has 4 nitrogen and oxygen atoms in total. The maximum Gasteiger partial charge on any atom is 0.228 e. The molecule has 0 aromatic rings. The molecule has 1 N–H and O–H groups in total. The first kappa shape index (κ1) is 12.4. The van der Waals surface area contributed by atoms with Gasteiger partial charge in [-0.2, -0.15) is 0 Å². The number of amides is 1. The lowest BCUT2D eigenvalue weighted by Gasteiger charge is -2.44. The molecule has 0 radical (unpaired) electrons. The van der Waals surface area contributed by atoms with E-state index in [4.69, 9.17) is 0 Å². The van der Waals surface area contributed by atoms with Gasteiger partial charge in [-0.1, -0.05) is 13.3 Å². The first-order chi connectivity index (χ1) is 8.69. The van der Waals surface area contributed by atoms with Crippen LogP contribution in [0.4, 0.5) is 0 Å². The first-order valence-corrected chi connectivity index (χ1v) is 7.43. The summed E-state index contributed by atoms with van der Waals surface area (Å²) in [5.41, 5.74) is -0.0168. The SMILES string of the molecule is CC1(C(=O)N2CCN(C3CCNC3)CC2)CCC1. The zero-order valence-corrected chi connectivity index (χ0v) is 11.5. The van der Waals surface area contributed by atoms with Crippen LogP contribution in [0.1, 0.15) is 32.6 Å². The van der Waals surface area contributed by atoms with Crippen LogP contribution in [-0.4, -0.2) is 61.0 Å². The number of hydrogen-bond acceptors (Lipinski definition) is 3. The first-order valence-electron chi connectivity index (χ1n) is 7.43. The fourth-order valence-electron chi connectivity index (χ4n) is 3.54. The van der Waals surface area contributed by atoms with Gasteiger partial charge in [-0.25, -0.2) is 0 Å². The molecule has 1 aliphatic carbocycles. The smallest absolute Gasteiger partial charge is 0.228 e. The molecule has 18 heavy (non-hydrogen) atoms. The van der Waals surface area contributed by atoms with Crippen molar-refractivity contribution in [1.82, 2.24) is 15.1 Å². The summed E-state index contributed by atoms with van der Waals surface area (Å²) >= 11 is 0. The standard InChI is InChI=1S/C14H25N3O/c1-14(4-2-5-14)13(18)17-9-7-16(8-10-17)12-3-6-15-11-12/h12,15H,2-11H2,1H3. The Hall–Kier alpha value is -0.610. The maximum atomic E-state index is 12.4. The van der Waals surface area contributed by atoms with Crippen molar-refractivity contribution in [3.05, 3.63) is 0 Å². The summed E-state index contributed by atoms with van der Waals surface area (Å²) in [6.45, 7) is 8.43. The summed E-state index contributed by atoms with van der Waals surface area (Å²) < 4.78 is 0. The van der Waals surface area contributed by atoms with Gasteiger partial charge in [0, 0.05) is 44.2 Å². The molecular formula is C14H25N3O. The molecule has 4 heteroatoms. The molecule has 2 heterocycles. The van der Waals surface area contributed by atoms with E-state index in [0.717, 1.165) is 52.1 Å². The van der Waals surface area contributed by atoms with Crippen LogP contribution >= 0.6 is 0 Å². The highest BCUT2D eigenvalue weighted by atomic mass is 16.2. The molecular weight excluding hydrogens is 226 g/mol. The zero-order valence-electron chi connectivity index (χ0n) is 11.5. The number of nitrogens with one attached hydrogen (secondary N) is 1. The number of rotatable bonds is 2. The zero-order chi connectivity index (χ0) is 12.6. The van der Waals surface area contributed by atoms with Gasteiger partial charge in [0.25, 0.3) is 0 Å². The van der Waals surface area contributed by atoms with Crippen LogP contribution in [0.2, 0.25) is 0 Å². The van der Waals surface area contributed by atoms with Crippen molar-refractivity contribution in [3.63, 3.8) is 0 Å². The summed E-state index contributed by atoms with van der Waals surface area (Å²) in [5.74, 6) is 0.415. The Kier molecular flexibility index (Phi) is 3.32. The Morgan fingerprint density at radius 3 is 2.44 bits per heavy atom. The van der Waals surface area contributed by atoms with Crippen molar-refractivity contribution in [2.45, 2.75) is 38.6 Å². The molecule has 102 valence electrons. The summed E-state index contributed by atoms with van der Waals surface area (Å²) in [4.78, 5) is 17.1. The minimum absolute atomic E-state index is 0.0168. The Morgan fingerprint density at radius 1 is 1.22 bits per heavy atom. The van der Waals surface area contributed by atoms with E-state index in [1.54, 1.807) is 0 Å². The van der Waals surface area contributed by atoms with Crippen LogP contribution < -0.4 is 5.32 Å². The topological polar surface area (TPSA) is 35.6 Å². The largest absolute Gasteiger partial charge is 0.340 e. The minimum Gasteiger partial charge on any atom is -0.340 e. The molecule has 3 fully saturated rings. The van der Waals surface area contributed by atoms with Crippen LogP contribution in [0.25, 0.3) is 0 Å². The third-order valence-corrected chi connectivity index (χ3v) is 5.13. The van der Waals surface area contributed by atoms with Crippen LogP contribution in [0.15, 0.2) is 0 Å². The fourth-order valence-corrected chi connectivity index (χ4v) is 3.54. The molecule has 1 amide bonds. The number of piperazine rings is 1. The predicted molar refractivity (Wildman–Crippen MR) is 71.4 cm³/mol. The molecule has 0 aromatic carbocycles. The number of nitrogens with zero attached hydrogens (tertiary/aromatic N) is 2. The number of carbonyl (C=O) groups excluding carboxylic acids is 1. The lowest BCUT2D eigenvalue weighted by atomic mass is 9.69. The Labute approximate surface area is 110 Å². The van der Waals surface area contributed by atoms with Gasteiger partial charge in [-0.15, -0.1) is 0 Å². The second kappa shape index (κ2) is 4.82. The maximum absolute atomic E-state index is 12.4. The molecule has 0 bridgehead atoms. The summed E-state index contributed by atoms with van der Waals surface area (Å²) in [5, 5.41) is 3.42. The van der Waals surface area contributed by atoms with Gasteiger partial charge in [-0.05, 0) is 25.8 Å². The van der Waals surface area contributed by atoms with Gasteiger partial charge in [0.15, 0.2) is 0 Å². The van der Waals surface area contributed by atoms with Crippen molar-refractivity contribution in [1.29, 1.82) is 0 Å². The number of carbonyl (C=O) groups is 1. The van der Waals surface area contributed by atoms with Gasteiger partial charge in [0.05, 0.1) is 0 Å². The summed E-state index contributed by atoms with van der Waals surface area (Å²) in [6.07, 6.45) is 4.69. The van der Waals surface area contributed by atoms with E-state index < -0.39 is 0 Å². The molecule has 2 saturated heterocycles. The van der Waals surface area contributed by atoms with Gasteiger partial charge in [0.2, 0.25) is 5.91 Å². The Bertz CT molecular complexity index is 313. The molecule has 2 aliphatic heterocycles. The van der Waals surface area contributed by atoms with Gasteiger partial charge in [0.1, 0.15) is 0 Å². The van der Waals surface area contributed by atoms with E-state index in [0.29, 0.717) is 11.9 Å². The summed E-state index contributed by atoms with van der Waals surface area (Å²) in [7, 11) is 0. The van der Waals surface area contributed by atoms with Crippen molar-refractivity contribution < 1.29 is 4.79 Å². The Morgan fingerprint density at radius 2 is 1.94 bits per heavy atom. The van der Waals surface area contributed by atoms with E-state index >= 15 is 0 Å².